The quantitative estimate of drug-likeness (QED) is 0.329. The number of halogens is 1. The number of amides is 1. The van der Waals surface area contributed by atoms with Crippen LogP contribution in [0.1, 0.15) is 30.7 Å². The van der Waals surface area contributed by atoms with E-state index < -0.39 is 0 Å². The van der Waals surface area contributed by atoms with E-state index in [1.165, 1.54) is 36.6 Å². The highest BCUT2D eigenvalue weighted by Gasteiger charge is 2.18. The molecule has 1 fully saturated rings. The Balaban J connectivity index is 1.45. The van der Waals surface area contributed by atoms with Gasteiger partial charge in [-0.3, -0.25) is 9.69 Å². The number of piperidine rings is 1. The Labute approximate surface area is 201 Å². The number of thioether (sulfide) groups is 1. The standard InChI is InChI=1S/C23H26IN5OS/c24-19-9-11-20(12-10-19)25-22(30)17-31-23-27-26-21(16-28-13-5-2-6-14-28)29(23)15-18-7-3-1-4-8-18/h1,3-4,7-12H,2,5-6,13-17H2,(H,25,30). The molecule has 0 unspecified atom stereocenters. The second-order valence-electron chi connectivity index (χ2n) is 7.65. The number of hydrogen-bond donors (Lipinski definition) is 1. The molecule has 0 saturated carbocycles. The minimum atomic E-state index is -0.0435. The molecule has 6 nitrogen and oxygen atoms in total. The lowest BCUT2D eigenvalue weighted by molar-refractivity contribution is -0.113. The number of likely N-dealkylation sites (tertiary alicyclic amines) is 1. The van der Waals surface area contributed by atoms with Crippen molar-refractivity contribution in [2.45, 2.75) is 37.5 Å². The van der Waals surface area contributed by atoms with Crippen molar-refractivity contribution in [3.05, 3.63) is 69.6 Å². The third-order valence-electron chi connectivity index (χ3n) is 5.25. The Bertz CT molecular complexity index is 987. The maximum Gasteiger partial charge on any atom is 0.234 e. The summed E-state index contributed by atoms with van der Waals surface area (Å²) < 4.78 is 3.30. The Hall–Kier alpha value is -1.91. The SMILES string of the molecule is O=C(CSc1nnc(CN2CCCCC2)n1Cc1ccccc1)Nc1ccc(I)cc1. The van der Waals surface area contributed by atoms with Gasteiger partial charge >= 0.3 is 0 Å². The Morgan fingerprint density at radius 3 is 2.45 bits per heavy atom. The average Bonchev–Trinajstić information content (AvgIpc) is 3.16. The molecule has 1 aliphatic rings. The average molecular weight is 547 g/mol. The molecule has 1 amide bonds. The van der Waals surface area contributed by atoms with Crippen molar-refractivity contribution in [2.24, 2.45) is 0 Å². The number of anilines is 1. The van der Waals surface area contributed by atoms with Gasteiger partial charge in [0.05, 0.1) is 18.8 Å². The van der Waals surface area contributed by atoms with Crippen molar-refractivity contribution in [2.75, 3.05) is 24.2 Å². The van der Waals surface area contributed by atoms with Crippen molar-refractivity contribution >= 4 is 45.9 Å². The number of hydrogen-bond acceptors (Lipinski definition) is 5. The monoisotopic (exact) mass is 547 g/mol. The van der Waals surface area contributed by atoms with Gasteiger partial charge in [0.1, 0.15) is 5.82 Å². The van der Waals surface area contributed by atoms with Crippen molar-refractivity contribution in [3.8, 4) is 0 Å². The van der Waals surface area contributed by atoms with Crippen molar-refractivity contribution in [3.63, 3.8) is 0 Å². The summed E-state index contributed by atoms with van der Waals surface area (Å²) in [7, 11) is 0. The third kappa shape index (κ3) is 6.54. The van der Waals surface area contributed by atoms with E-state index in [1.807, 2.05) is 42.5 Å². The number of carbonyl (C=O) groups is 1. The van der Waals surface area contributed by atoms with E-state index in [0.717, 1.165) is 39.9 Å². The molecule has 3 aromatic rings. The van der Waals surface area contributed by atoms with Gasteiger partial charge in [0.2, 0.25) is 5.91 Å². The summed E-state index contributed by atoms with van der Waals surface area (Å²) in [6, 6.07) is 18.1. The normalized spacial score (nSPS) is 14.5. The van der Waals surface area contributed by atoms with Crippen LogP contribution in [0.25, 0.3) is 0 Å². The molecule has 1 N–H and O–H groups in total. The zero-order chi connectivity index (χ0) is 21.5. The summed E-state index contributed by atoms with van der Waals surface area (Å²) in [4.78, 5) is 14.9. The molecule has 162 valence electrons. The number of benzene rings is 2. The first-order chi connectivity index (χ1) is 15.2. The van der Waals surface area contributed by atoms with E-state index in [9.17, 15) is 4.79 Å². The van der Waals surface area contributed by atoms with Crippen LogP contribution in [0.3, 0.4) is 0 Å². The third-order valence-corrected chi connectivity index (χ3v) is 6.94. The van der Waals surface area contributed by atoms with E-state index in [-0.39, 0.29) is 5.91 Å². The van der Waals surface area contributed by atoms with Gasteiger partial charge in [0, 0.05) is 9.26 Å². The van der Waals surface area contributed by atoms with Crippen molar-refractivity contribution < 1.29 is 4.79 Å². The maximum atomic E-state index is 12.5. The number of carbonyl (C=O) groups excluding carboxylic acids is 1. The molecule has 0 radical (unpaired) electrons. The van der Waals surface area contributed by atoms with Crippen LogP contribution in [0.15, 0.2) is 59.8 Å². The van der Waals surface area contributed by atoms with Crippen molar-refractivity contribution in [1.82, 2.24) is 19.7 Å². The zero-order valence-electron chi connectivity index (χ0n) is 17.3. The van der Waals surface area contributed by atoms with Crippen LogP contribution >= 0.6 is 34.4 Å². The maximum absolute atomic E-state index is 12.5. The fourth-order valence-corrected chi connectivity index (χ4v) is 4.76. The van der Waals surface area contributed by atoms with Gasteiger partial charge in [-0.25, -0.2) is 0 Å². The van der Waals surface area contributed by atoms with Gasteiger partial charge < -0.3 is 9.88 Å². The molecule has 0 bridgehead atoms. The lowest BCUT2D eigenvalue weighted by Gasteiger charge is -2.26. The van der Waals surface area contributed by atoms with E-state index in [4.69, 9.17) is 0 Å². The molecule has 1 saturated heterocycles. The van der Waals surface area contributed by atoms with Gasteiger partial charge in [0.25, 0.3) is 0 Å². The molecule has 8 heteroatoms. The molecule has 2 heterocycles. The number of aromatic nitrogens is 3. The fourth-order valence-electron chi connectivity index (χ4n) is 3.65. The second-order valence-corrected chi connectivity index (χ2v) is 9.84. The highest BCUT2D eigenvalue weighted by atomic mass is 127. The van der Waals surface area contributed by atoms with Gasteiger partial charge in [-0.1, -0.05) is 48.5 Å². The van der Waals surface area contributed by atoms with Gasteiger partial charge in [-0.2, -0.15) is 0 Å². The molecule has 1 aliphatic heterocycles. The van der Waals surface area contributed by atoms with Crippen LogP contribution in [0.2, 0.25) is 0 Å². The summed E-state index contributed by atoms with van der Waals surface area (Å²) in [5, 5.41) is 12.7. The Morgan fingerprint density at radius 1 is 0.968 bits per heavy atom. The number of nitrogens with zero attached hydrogens (tertiary/aromatic N) is 4. The molecular weight excluding hydrogens is 521 g/mol. The van der Waals surface area contributed by atoms with Crippen LogP contribution in [0.4, 0.5) is 5.69 Å². The summed E-state index contributed by atoms with van der Waals surface area (Å²) in [5.74, 6) is 1.21. The van der Waals surface area contributed by atoms with E-state index >= 15 is 0 Å². The summed E-state index contributed by atoms with van der Waals surface area (Å²) in [6.07, 6.45) is 3.80. The highest BCUT2D eigenvalue weighted by Crippen LogP contribution is 2.21. The minimum Gasteiger partial charge on any atom is -0.325 e. The summed E-state index contributed by atoms with van der Waals surface area (Å²) in [6.45, 7) is 3.73. The first kappa shape index (κ1) is 22.3. The predicted molar refractivity (Wildman–Crippen MR) is 133 cm³/mol. The highest BCUT2D eigenvalue weighted by molar-refractivity contribution is 14.1. The van der Waals surface area contributed by atoms with Crippen LogP contribution in [0.5, 0.6) is 0 Å². The van der Waals surface area contributed by atoms with E-state index in [2.05, 4.69) is 59.7 Å². The number of rotatable bonds is 8. The number of nitrogens with one attached hydrogen (secondary N) is 1. The molecule has 4 rings (SSSR count). The largest absolute Gasteiger partial charge is 0.325 e. The smallest absolute Gasteiger partial charge is 0.234 e. The van der Waals surface area contributed by atoms with E-state index in [0.29, 0.717) is 12.3 Å². The zero-order valence-corrected chi connectivity index (χ0v) is 20.3. The van der Waals surface area contributed by atoms with Crippen LogP contribution in [-0.4, -0.2) is 44.4 Å². The Kier molecular flexibility index (Phi) is 7.98. The minimum absolute atomic E-state index is 0.0435. The molecule has 0 spiro atoms. The summed E-state index contributed by atoms with van der Waals surface area (Å²) >= 11 is 3.69. The lowest BCUT2D eigenvalue weighted by Crippen LogP contribution is -2.30. The predicted octanol–water partition coefficient (Wildman–Crippen LogP) is 4.65. The summed E-state index contributed by atoms with van der Waals surface area (Å²) in [5.41, 5.74) is 2.01. The molecule has 1 aromatic heterocycles. The Morgan fingerprint density at radius 2 is 1.71 bits per heavy atom. The second kappa shape index (κ2) is 11.1. The van der Waals surface area contributed by atoms with E-state index in [1.54, 1.807) is 0 Å². The van der Waals surface area contributed by atoms with Crippen LogP contribution in [0, 0.1) is 3.57 Å². The lowest BCUT2D eigenvalue weighted by atomic mass is 10.1. The molecular formula is C23H26IN5OS. The van der Waals surface area contributed by atoms with Gasteiger partial charge in [0.15, 0.2) is 5.16 Å². The van der Waals surface area contributed by atoms with Crippen LogP contribution < -0.4 is 5.32 Å². The molecule has 0 aliphatic carbocycles. The molecule has 31 heavy (non-hydrogen) atoms. The van der Waals surface area contributed by atoms with Crippen molar-refractivity contribution in [1.29, 1.82) is 0 Å². The topological polar surface area (TPSA) is 63.1 Å². The molecule has 0 atom stereocenters. The molecule has 2 aromatic carbocycles. The first-order valence-electron chi connectivity index (χ1n) is 10.5. The van der Waals surface area contributed by atoms with Gasteiger partial charge in [-0.15, -0.1) is 10.2 Å². The first-order valence-corrected chi connectivity index (χ1v) is 12.6. The van der Waals surface area contributed by atoms with Crippen LogP contribution in [-0.2, 0) is 17.9 Å². The van der Waals surface area contributed by atoms with Gasteiger partial charge in [-0.05, 0) is 78.4 Å². The fraction of sp³-hybridized carbons (Fsp3) is 0.348.